The minimum Gasteiger partial charge on any atom is -0.335 e. The number of imidazole rings is 1. The molecule has 0 saturated heterocycles. The zero-order chi connectivity index (χ0) is 14.7. The second-order valence-electron chi connectivity index (χ2n) is 5.31. The zero-order valence-electron chi connectivity index (χ0n) is 12.5. The van der Waals surface area contributed by atoms with E-state index in [0.29, 0.717) is 11.6 Å². The molecule has 2 aromatic rings. The molecule has 0 aliphatic rings. The molecule has 2 rings (SSSR count). The van der Waals surface area contributed by atoms with Gasteiger partial charge in [0.2, 0.25) is 0 Å². The molecule has 108 valence electrons. The van der Waals surface area contributed by atoms with Crippen LogP contribution < -0.4 is 0 Å². The molecule has 2 heterocycles. The number of halogens is 1. The molecule has 5 heteroatoms. The van der Waals surface area contributed by atoms with Crippen LogP contribution in [0.2, 0.25) is 5.15 Å². The molecule has 0 N–H and O–H groups in total. The van der Waals surface area contributed by atoms with Crippen LogP contribution in [0.4, 0.5) is 0 Å². The lowest BCUT2D eigenvalue weighted by Gasteiger charge is -2.12. The van der Waals surface area contributed by atoms with E-state index >= 15 is 0 Å². The minimum atomic E-state index is 0.266. The maximum Gasteiger partial charge on any atom is 0.135 e. The molecule has 0 bridgehead atoms. The Labute approximate surface area is 125 Å². The third-order valence-electron chi connectivity index (χ3n) is 3.31. The van der Waals surface area contributed by atoms with Crippen LogP contribution in [0.5, 0.6) is 0 Å². The van der Waals surface area contributed by atoms with E-state index in [1.165, 1.54) is 0 Å². The van der Waals surface area contributed by atoms with Crippen LogP contribution >= 0.6 is 11.6 Å². The largest absolute Gasteiger partial charge is 0.335 e. The second kappa shape index (κ2) is 6.35. The molecule has 0 radical (unpaired) electrons. The van der Waals surface area contributed by atoms with Crippen molar-refractivity contribution in [3.8, 4) is 0 Å². The van der Waals surface area contributed by atoms with Crippen LogP contribution in [0.1, 0.15) is 56.0 Å². The van der Waals surface area contributed by atoms with Crippen molar-refractivity contribution in [3.63, 3.8) is 0 Å². The fraction of sp³-hybridized carbons (Fsp3) is 0.533. The highest BCUT2D eigenvalue weighted by Gasteiger charge is 2.14. The summed E-state index contributed by atoms with van der Waals surface area (Å²) in [5, 5.41) is 0.548. The van der Waals surface area contributed by atoms with Crippen molar-refractivity contribution in [2.75, 3.05) is 0 Å². The highest BCUT2D eigenvalue weighted by atomic mass is 35.5. The lowest BCUT2D eigenvalue weighted by atomic mass is 10.1. The van der Waals surface area contributed by atoms with Gasteiger partial charge in [-0.05, 0) is 13.3 Å². The molecule has 0 aliphatic carbocycles. The van der Waals surface area contributed by atoms with Crippen molar-refractivity contribution in [2.45, 2.75) is 53.0 Å². The Balaban J connectivity index is 2.35. The monoisotopic (exact) mass is 292 g/mol. The van der Waals surface area contributed by atoms with Crippen molar-refractivity contribution < 1.29 is 0 Å². The summed E-state index contributed by atoms with van der Waals surface area (Å²) in [6.07, 6.45) is 5.64. The standard InChI is InChI=1S/C15H21ClN4/c1-5-7-20-8-6-17-13(20)9-12-11(4)14(16)19-15(18-12)10(2)3/h6,8,10H,5,7,9H2,1-4H3. The van der Waals surface area contributed by atoms with Gasteiger partial charge in [0.1, 0.15) is 16.8 Å². The highest BCUT2D eigenvalue weighted by molar-refractivity contribution is 6.30. The summed E-state index contributed by atoms with van der Waals surface area (Å²) in [6.45, 7) is 9.25. The van der Waals surface area contributed by atoms with E-state index in [0.717, 1.165) is 35.9 Å². The molecule has 0 aromatic carbocycles. The topological polar surface area (TPSA) is 43.6 Å². The van der Waals surface area contributed by atoms with Crippen LogP contribution in [0.25, 0.3) is 0 Å². The minimum absolute atomic E-state index is 0.266. The maximum atomic E-state index is 6.23. The van der Waals surface area contributed by atoms with Crippen LogP contribution in [0, 0.1) is 6.92 Å². The average molecular weight is 293 g/mol. The quantitative estimate of drug-likeness (QED) is 0.788. The number of aryl methyl sites for hydroxylation is 1. The molecule has 0 atom stereocenters. The second-order valence-corrected chi connectivity index (χ2v) is 5.67. The molecule has 0 saturated carbocycles. The molecular formula is C15H21ClN4. The molecule has 0 spiro atoms. The third kappa shape index (κ3) is 3.18. The van der Waals surface area contributed by atoms with Gasteiger partial charge in [-0.25, -0.2) is 15.0 Å². The van der Waals surface area contributed by atoms with Gasteiger partial charge in [0, 0.05) is 36.8 Å². The molecule has 0 amide bonds. The van der Waals surface area contributed by atoms with Gasteiger partial charge < -0.3 is 4.57 Å². The lowest BCUT2D eigenvalue weighted by molar-refractivity contribution is 0.642. The number of rotatable bonds is 5. The Morgan fingerprint density at radius 1 is 1.30 bits per heavy atom. The first-order chi connectivity index (χ1) is 9.52. The van der Waals surface area contributed by atoms with Gasteiger partial charge in [-0.15, -0.1) is 0 Å². The number of hydrogen-bond acceptors (Lipinski definition) is 3. The van der Waals surface area contributed by atoms with E-state index in [2.05, 4.69) is 40.3 Å². The summed E-state index contributed by atoms with van der Waals surface area (Å²) in [7, 11) is 0. The van der Waals surface area contributed by atoms with E-state index in [1.807, 2.05) is 19.3 Å². The van der Waals surface area contributed by atoms with Gasteiger partial charge in [-0.2, -0.15) is 0 Å². The van der Waals surface area contributed by atoms with Gasteiger partial charge in [0.25, 0.3) is 0 Å². The molecule has 2 aromatic heterocycles. The molecule has 0 aliphatic heterocycles. The smallest absolute Gasteiger partial charge is 0.135 e. The van der Waals surface area contributed by atoms with Crippen LogP contribution in [0.15, 0.2) is 12.4 Å². The zero-order valence-corrected chi connectivity index (χ0v) is 13.3. The molecule has 0 fully saturated rings. The fourth-order valence-electron chi connectivity index (χ4n) is 2.08. The van der Waals surface area contributed by atoms with Crippen molar-refractivity contribution in [2.24, 2.45) is 0 Å². The van der Waals surface area contributed by atoms with Gasteiger partial charge in [0.05, 0.1) is 5.69 Å². The number of nitrogens with zero attached hydrogens (tertiary/aromatic N) is 4. The fourth-order valence-corrected chi connectivity index (χ4v) is 2.28. The van der Waals surface area contributed by atoms with E-state index < -0.39 is 0 Å². The molecule has 4 nitrogen and oxygen atoms in total. The Hall–Kier alpha value is -1.42. The lowest BCUT2D eigenvalue weighted by Crippen LogP contribution is -2.09. The van der Waals surface area contributed by atoms with Gasteiger partial charge >= 0.3 is 0 Å². The Morgan fingerprint density at radius 2 is 2.05 bits per heavy atom. The van der Waals surface area contributed by atoms with E-state index in [-0.39, 0.29) is 5.92 Å². The number of hydrogen-bond donors (Lipinski definition) is 0. The van der Waals surface area contributed by atoms with Crippen LogP contribution in [-0.2, 0) is 13.0 Å². The predicted octanol–water partition coefficient (Wildman–Crippen LogP) is 3.76. The molecular weight excluding hydrogens is 272 g/mol. The summed E-state index contributed by atoms with van der Waals surface area (Å²) in [5.74, 6) is 2.09. The highest BCUT2D eigenvalue weighted by Crippen LogP contribution is 2.21. The van der Waals surface area contributed by atoms with E-state index in [4.69, 9.17) is 11.6 Å². The SMILES string of the molecule is CCCn1ccnc1Cc1nc(C(C)C)nc(Cl)c1C. The Bertz CT molecular complexity index is 590. The summed E-state index contributed by atoms with van der Waals surface area (Å²) in [6, 6.07) is 0. The first kappa shape index (κ1) is 15.0. The van der Waals surface area contributed by atoms with E-state index in [9.17, 15) is 0 Å². The van der Waals surface area contributed by atoms with Crippen molar-refractivity contribution >= 4 is 11.6 Å². The molecule has 20 heavy (non-hydrogen) atoms. The van der Waals surface area contributed by atoms with Gasteiger partial charge in [0.15, 0.2) is 0 Å². The average Bonchev–Trinajstić information content (AvgIpc) is 2.82. The first-order valence-corrected chi connectivity index (χ1v) is 7.43. The van der Waals surface area contributed by atoms with Crippen molar-refractivity contribution in [3.05, 3.63) is 40.5 Å². The predicted molar refractivity (Wildman–Crippen MR) is 81.2 cm³/mol. The first-order valence-electron chi connectivity index (χ1n) is 7.05. The summed E-state index contributed by atoms with van der Waals surface area (Å²) >= 11 is 6.23. The number of aromatic nitrogens is 4. The maximum absolute atomic E-state index is 6.23. The van der Waals surface area contributed by atoms with Gasteiger partial charge in [-0.1, -0.05) is 32.4 Å². The Morgan fingerprint density at radius 3 is 2.70 bits per heavy atom. The summed E-state index contributed by atoms with van der Waals surface area (Å²) in [4.78, 5) is 13.4. The third-order valence-corrected chi connectivity index (χ3v) is 3.68. The van der Waals surface area contributed by atoms with Crippen molar-refractivity contribution in [1.29, 1.82) is 0 Å². The summed E-state index contributed by atoms with van der Waals surface area (Å²) in [5.41, 5.74) is 1.92. The normalized spacial score (nSPS) is 11.3. The summed E-state index contributed by atoms with van der Waals surface area (Å²) < 4.78 is 2.17. The Kier molecular flexibility index (Phi) is 4.76. The van der Waals surface area contributed by atoms with Crippen LogP contribution in [-0.4, -0.2) is 19.5 Å². The van der Waals surface area contributed by atoms with Gasteiger partial charge in [-0.3, -0.25) is 0 Å². The van der Waals surface area contributed by atoms with Crippen molar-refractivity contribution in [1.82, 2.24) is 19.5 Å². The molecule has 0 unspecified atom stereocenters. The van der Waals surface area contributed by atoms with Crippen LogP contribution in [0.3, 0.4) is 0 Å². The van der Waals surface area contributed by atoms with E-state index in [1.54, 1.807) is 0 Å².